The maximum Gasteiger partial charge on any atom is 0.416 e. The molecule has 2 aromatic rings. The van der Waals surface area contributed by atoms with Crippen molar-refractivity contribution in [1.82, 2.24) is 0 Å². The van der Waals surface area contributed by atoms with Crippen LogP contribution in [0.2, 0.25) is 0 Å². The zero-order chi connectivity index (χ0) is 14.8. The molecule has 6 heteroatoms. The highest BCUT2D eigenvalue weighted by Gasteiger charge is 2.33. The van der Waals surface area contributed by atoms with E-state index in [4.69, 9.17) is 5.11 Å². The van der Waals surface area contributed by atoms with E-state index in [1.54, 1.807) is 29.4 Å². The van der Waals surface area contributed by atoms with Crippen molar-refractivity contribution < 1.29 is 18.3 Å². The van der Waals surface area contributed by atoms with Crippen LogP contribution in [0.25, 0.3) is 0 Å². The Morgan fingerprint density at radius 1 is 1.25 bits per heavy atom. The summed E-state index contributed by atoms with van der Waals surface area (Å²) in [4.78, 5) is 1.75. The molecule has 0 aliphatic heterocycles. The van der Waals surface area contributed by atoms with Gasteiger partial charge in [0, 0.05) is 19.3 Å². The minimum Gasteiger partial charge on any atom is -0.392 e. The molecule has 0 unspecified atom stereocenters. The molecule has 2 nitrogen and oxygen atoms in total. The molecule has 0 saturated heterocycles. The molecule has 0 fully saturated rings. The second-order valence-electron chi connectivity index (χ2n) is 4.48. The van der Waals surface area contributed by atoms with Crippen LogP contribution in [0, 0.1) is 0 Å². The van der Waals surface area contributed by atoms with Crippen molar-refractivity contribution in [1.29, 1.82) is 0 Å². The summed E-state index contributed by atoms with van der Waals surface area (Å²) in [6.45, 7) is -0.0807. The van der Waals surface area contributed by atoms with E-state index in [1.807, 2.05) is 16.8 Å². The maximum absolute atomic E-state index is 12.9. The molecule has 0 aliphatic carbocycles. The highest BCUT2D eigenvalue weighted by Crippen LogP contribution is 2.34. The zero-order valence-electron chi connectivity index (χ0n) is 10.8. The highest BCUT2D eigenvalue weighted by atomic mass is 32.1. The van der Waals surface area contributed by atoms with Gasteiger partial charge in [-0.2, -0.15) is 24.5 Å². The first-order chi connectivity index (χ1) is 9.41. The van der Waals surface area contributed by atoms with Crippen LogP contribution in [0.1, 0.15) is 16.7 Å². The van der Waals surface area contributed by atoms with Crippen molar-refractivity contribution in [3.63, 3.8) is 0 Å². The molecule has 1 heterocycles. The van der Waals surface area contributed by atoms with Crippen LogP contribution in [0.5, 0.6) is 0 Å². The summed E-state index contributed by atoms with van der Waals surface area (Å²) in [7, 11) is 1.74. The van der Waals surface area contributed by atoms with Gasteiger partial charge in [-0.25, -0.2) is 0 Å². The van der Waals surface area contributed by atoms with Crippen LogP contribution in [0.4, 0.5) is 18.9 Å². The molecule has 0 saturated carbocycles. The molecule has 0 amide bonds. The number of halogens is 3. The van der Waals surface area contributed by atoms with Gasteiger partial charge in [-0.3, -0.25) is 0 Å². The van der Waals surface area contributed by atoms with E-state index in [-0.39, 0.29) is 5.56 Å². The quantitative estimate of drug-likeness (QED) is 0.926. The molecule has 0 atom stereocenters. The Balaban J connectivity index is 2.28. The average molecular weight is 301 g/mol. The third kappa shape index (κ3) is 3.32. The van der Waals surface area contributed by atoms with E-state index in [1.165, 1.54) is 6.07 Å². The number of hydrogen-bond donors (Lipinski definition) is 1. The van der Waals surface area contributed by atoms with E-state index in [9.17, 15) is 13.2 Å². The number of aliphatic hydroxyl groups excluding tert-OH is 1. The van der Waals surface area contributed by atoms with Crippen LogP contribution < -0.4 is 4.90 Å². The van der Waals surface area contributed by atoms with Crippen molar-refractivity contribution in [3.8, 4) is 0 Å². The van der Waals surface area contributed by atoms with Crippen molar-refractivity contribution in [2.24, 2.45) is 0 Å². The average Bonchev–Trinajstić information content (AvgIpc) is 2.89. The molecule has 108 valence electrons. The molecule has 0 radical (unpaired) electrons. The molecular weight excluding hydrogens is 287 g/mol. The van der Waals surface area contributed by atoms with E-state index in [2.05, 4.69) is 0 Å². The molecule has 0 aliphatic rings. The van der Waals surface area contributed by atoms with Crippen LogP contribution in [0.3, 0.4) is 0 Å². The van der Waals surface area contributed by atoms with Gasteiger partial charge in [0.1, 0.15) is 0 Å². The normalized spacial score (nSPS) is 11.7. The smallest absolute Gasteiger partial charge is 0.392 e. The largest absolute Gasteiger partial charge is 0.416 e. The minimum atomic E-state index is -4.46. The number of benzene rings is 1. The lowest BCUT2D eigenvalue weighted by Crippen LogP contribution is -2.18. The lowest BCUT2D eigenvalue weighted by molar-refractivity contribution is -0.138. The fraction of sp³-hybridized carbons (Fsp3) is 0.286. The topological polar surface area (TPSA) is 23.5 Å². The lowest BCUT2D eigenvalue weighted by atomic mass is 10.1. The number of anilines is 1. The van der Waals surface area contributed by atoms with Crippen LogP contribution in [-0.2, 0) is 19.3 Å². The molecule has 0 spiro atoms. The van der Waals surface area contributed by atoms with Gasteiger partial charge in [-0.05, 0) is 40.1 Å². The van der Waals surface area contributed by atoms with Crippen molar-refractivity contribution >= 4 is 17.0 Å². The lowest BCUT2D eigenvalue weighted by Gasteiger charge is -2.21. The summed E-state index contributed by atoms with van der Waals surface area (Å²) in [5, 5.41) is 12.9. The third-order valence-electron chi connectivity index (χ3n) is 3.01. The Kier molecular flexibility index (Phi) is 4.35. The van der Waals surface area contributed by atoms with Gasteiger partial charge in [0.15, 0.2) is 0 Å². The summed E-state index contributed by atoms with van der Waals surface area (Å²) in [5.41, 5.74) is 0.637. The van der Waals surface area contributed by atoms with E-state index in [0.29, 0.717) is 12.2 Å². The molecule has 1 aromatic heterocycles. The first-order valence-electron chi connectivity index (χ1n) is 5.95. The summed E-state index contributed by atoms with van der Waals surface area (Å²) in [5.74, 6) is 0. The van der Waals surface area contributed by atoms with Gasteiger partial charge in [-0.15, -0.1) is 0 Å². The molecule has 2 rings (SSSR count). The van der Waals surface area contributed by atoms with Gasteiger partial charge in [0.25, 0.3) is 0 Å². The number of thiophene rings is 1. The fourth-order valence-corrected chi connectivity index (χ4v) is 2.61. The van der Waals surface area contributed by atoms with Crippen LogP contribution in [-0.4, -0.2) is 12.2 Å². The monoisotopic (exact) mass is 301 g/mol. The van der Waals surface area contributed by atoms with Gasteiger partial charge in [0.05, 0.1) is 12.2 Å². The summed E-state index contributed by atoms with van der Waals surface area (Å²) < 4.78 is 38.8. The Hall–Kier alpha value is -1.53. The van der Waals surface area contributed by atoms with Crippen molar-refractivity contribution in [2.45, 2.75) is 19.3 Å². The first-order valence-corrected chi connectivity index (χ1v) is 6.89. The van der Waals surface area contributed by atoms with Gasteiger partial charge in [-0.1, -0.05) is 6.07 Å². The first kappa shape index (κ1) is 14.9. The predicted octanol–water partition coefficient (Wildman–Crippen LogP) is 3.90. The number of aliphatic hydroxyl groups is 1. The summed E-state index contributed by atoms with van der Waals surface area (Å²) in [6.07, 6.45) is -4.46. The SMILES string of the molecule is CN(Cc1ccsc1)c1ccc(CO)c(C(F)(F)F)c1. The molecular formula is C14H14F3NOS. The Morgan fingerprint density at radius 2 is 2.00 bits per heavy atom. The second kappa shape index (κ2) is 5.85. The van der Waals surface area contributed by atoms with E-state index in [0.717, 1.165) is 11.6 Å². The minimum absolute atomic E-state index is 0.106. The maximum atomic E-state index is 12.9. The number of alkyl halides is 3. The van der Waals surface area contributed by atoms with Gasteiger partial charge in [0.2, 0.25) is 0 Å². The Bertz CT molecular complexity index is 566. The second-order valence-corrected chi connectivity index (χ2v) is 5.27. The number of nitrogens with zero attached hydrogens (tertiary/aromatic N) is 1. The molecule has 1 aromatic carbocycles. The third-order valence-corrected chi connectivity index (χ3v) is 3.74. The zero-order valence-corrected chi connectivity index (χ0v) is 11.6. The van der Waals surface area contributed by atoms with Crippen molar-refractivity contribution in [2.75, 3.05) is 11.9 Å². The Morgan fingerprint density at radius 3 is 2.55 bits per heavy atom. The highest BCUT2D eigenvalue weighted by molar-refractivity contribution is 7.07. The fourth-order valence-electron chi connectivity index (χ4n) is 1.95. The predicted molar refractivity (Wildman–Crippen MR) is 73.8 cm³/mol. The summed E-state index contributed by atoms with van der Waals surface area (Å²) in [6, 6.07) is 5.93. The standard InChI is InChI=1S/C14H14F3NOS/c1-18(7-10-4-5-20-9-10)12-3-2-11(8-19)13(6-12)14(15,16)17/h2-6,9,19H,7-8H2,1H3. The van der Waals surface area contributed by atoms with Crippen molar-refractivity contribution in [3.05, 3.63) is 51.7 Å². The van der Waals surface area contributed by atoms with Crippen LogP contribution >= 0.6 is 11.3 Å². The summed E-state index contributed by atoms with van der Waals surface area (Å²) >= 11 is 1.55. The Labute approximate surface area is 119 Å². The van der Waals surface area contributed by atoms with Gasteiger partial charge < -0.3 is 10.0 Å². The van der Waals surface area contributed by atoms with E-state index >= 15 is 0 Å². The van der Waals surface area contributed by atoms with Crippen LogP contribution in [0.15, 0.2) is 35.0 Å². The number of hydrogen-bond acceptors (Lipinski definition) is 3. The van der Waals surface area contributed by atoms with E-state index < -0.39 is 18.3 Å². The molecule has 0 bridgehead atoms. The molecule has 1 N–H and O–H groups in total. The molecule has 20 heavy (non-hydrogen) atoms. The number of rotatable bonds is 4. The van der Waals surface area contributed by atoms with Gasteiger partial charge >= 0.3 is 6.18 Å².